The molecular formula is C20H19FN2O. The van der Waals surface area contributed by atoms with Crippen molar-refractivity contribution in [2.45, 2.75) is 19.9 Å². The molecule has 0 radical (unpaired) electrons. The molecule has 0 aliphatic carbocycles. The molecule has 0 saturated heterocycles. The fourth-order valence-electron chi connectivity index (χ4n) is 2.61. The van der Waals surface area contributed by atoms with Crippen LogP contribution in [0, 0.1) is 12.7 Å². The van der Waals surface area contributed by atoms with Gasteiger partial charge in [0.25, 0.3) is 0 Å². The Balaban J connectivity index is 1.70. The Bertz CT molecular complexity index is 892. The second kappa shape index (κ2) is 6.71. The van der Waals surface area contributed by atoms with Crippen LogP contribution in [0.2, 0.25) is 0 Å². The van der Waals surface area contributed by atoms with Gasteiger partial charge in [0.15, 0.2) is 0 Å². The van der Waals surface area contributed by atoms with Crippen LogP contribution >= 0.6 is 0 Å². The van der Waals surface area contributed by atoms with Crippen molar-refractivity contribution in [2.75, 3.05) is 10.6 Å². The first kappa shape index (κ1) is 16.0. The first-order chi connectivity index (χ1) is 11.5. The summed E-state index contributed by atoms with van der Waals surface area (Å²) in [4.78, 5) is 12.4. The van der Waals surface area contributed by atoms with E-state index in [9.17, 15) is 9.18 Å². The van der Waals surface area contributed by atoms with Crippen molar-refractivity contribution in [3.8, 4) is 0 Å². The third-order valence-electron chi connectivity index (χ3n) is 3.97. The summed E-state index contributed by atoms with van der Waals surface area (Å²) >= 11 is 0. The third-order valence-corrected chi connectivity index (χ3v) is 3.97. The van der Waals surface area contributed by atoms with Crippen LogP contribution in [0.4, 0.5) is 15.8 Å². The molecule has 0 spiro atoms. The number of nitrogens with one attached hydrogen (secondary N) is 2. The molecule has 0 heterocycles. The Morgan fingerprint density at radius 1 is 1.00 bits per heavy atom. The van der Waals surface area contributed by atoms with E-state index in [2.05, 4.69) is 10.6 Å². The Morgan fingerprint density at radius 3 is 2.50 bits per heavy atom. The van der Waals surface area contributed by atoms with E-state index in [-0.39, 0.29) is 11.7 Å². The normalized spacial score (nSPS) is 12.0. The first-order valence-corrected chi connectivity index (χ1v) is 7.85. The van der Waals surface area contributed by atoms with Crippen molar-refractivity contribution in [2.24, 2.45) is 0 Å². The van der Waals surface area contributed by atoms with E-state index in [1.165, 1.54) is 12.1 Å². The van der Waals surface area contributed by atoms with E-state index < -0.39 is 6.04 Å². The van der Waals surface area contributed by atoms with Gasteiger partial charge in [0.05, 0.1) is 0 Å². The minimum Gasteiger partial charge on any atom is -0.374 e. The van der Waals surface area contributed by atoms with Gasteiger partial charge in [0.2, 0.25) is 5.91 Å². The second-order valence-corrected chi connectivity index (χ2v) is 5.88. The number of halogens is 1. The SMILES string of the molecule is Cc1cc(F)ccc1NC(C)C(=O)Nc1ccc2ccccc2c1. The highest BCUT2D eigenvalue weighted by Gasteiger charge is 2.14. The van der Waals surface area contributed by atoms with Gasteiger partial charge in [0.1, 0.15) is 11.9 Å². The predicted octanol–water partition coefficient (Wildman–Crippen LogP) is 4.73. The summed E-state index contributed by atoms with van der Waals surface area (Å²) in [6.07, 6.45) is 0. The second-order valence-electron chi connectivity index (χ2n) is 5.88. The number of rotatable bonds is 4. The van der Waals surface area contributed by atoms with Gasteiger partial charge in [-0.1, -0.05) is 30.3 Å². The number of anilines is 2. The maximum absolute atomic E-state index is 13.2. The van der Waals surface area contributed by atoms with Crippen molar-refractivity contribution < 1.29 is 9.18 Å². The van der Waals surface area contributed by atoms with Crippen molar-refractivity contribution in [3.63, 3.8) is 0 Å². The summed E-state index contributed by atoms with van der Waals surface area (Å²) in [6.45, 7) is 3.58. The van der Waals surface area contributed by atoms with Gasteiger partial charge in [-0.3, -0.25) is 4.79 Å². The van der Waals surface area contributed by atoms with Crippen LogP contribution in [0.25, 0.3) is 10.8 Å². The standard InChI is InChI=1S/C20H19FN2O/c1-13-11-17(21)8-10-19(13)22-14(2)20(24)23-18-9-7-15-5-3-4-6-16(15)12-18/h3-12,14,22H,1-2H3,(H,23,24). The minimum absolute atomic E-state index is 0.144. The molecular weight excluding hydrogens is 303 g/mol. The number of hydrogen-bond acceptors (Lipinski definition) is 2. The zero-order chi connectivity index (χ0) is 17.1. The lowest BCUT2D eigenvalue weighted by atomic mass is 10.1. The van der Waals surface area contributed by atoms with Crippen LogP contribution in [0.1, 0.15) is 12.5 Å². The van der Waals surface area contributed by atoms with E-state index >= 15 is 0 Å². The maximum atomic E-state index is 13.2. The highest BCUT2D eigenvalue weighted by molar-refractivity contribution is 5.98. The number of benzene rings is 3. The number of aryl methyl sites for hydroxylation is 1. The zero-order valence-corrected chi connectivity index (χ0v) is 13.6. The Hall–Kier alpha value is -2.88. The summed E-state index contributed by atoms with van der Waals surface area (Å²) < 4.78 is 13.2. The molecule has 3 nitrogen and oxygen atoms in total. The Labute approximate surface area is 140 Å². The molecule has 4 heteroatoms. The first-order valence-electron chi connectivity index (χ1n) is 7.85. The van der Waals surface area contributed by atoms with Gasteiger partial charge in [-0.25, -0.2) is 4.39 Å². The average Bonchev–Trinajstić information content (AvgIpc) is 2.57. The van der Waals surface area contributed by atoms with Gasteiger partial charge < -0.3 is 10.6 Å². The molecule has 1 amide bonds. The van der Waals surface area contributed by atoms with Gasteiger partial charge >= 0.3 is 0 Å². The molecule has 24 heavy (non-hydrogen) atoms. The quantitative estimate of drug-likeness (QED) is 0.729. The molecule has 0 aliphatic heterocycles. The Kier molecular flexibility index (Phi) is 4.47. The maximum Gasteiger partial charge on any atom is 0.246 e. The molecule has 0 fully saturated rings. The number of hydrogen-bond donors (Lipinski definition) is 2. The third kappa shape index (κ3) is 3.54. The van der Waals surface area contributed by atoms with Gasteiger partial charge in [-0.2, -0.15) is 0 Å². The lowest BCUT2D eigenvalue weighted by Crippen LogP contribution is -2.32. The summed E-state index contributed by atoms with van der Waals surface area (Å²) in [7, 11) is 0. The molecule has 0 aromatic heterocycles. The van der Waals surface area contributed by atoms with Crippen LogP contribution in [-0.2, 0) is 4.79 Å². The van der Waals surface area contributed by atoms with Crippen LogP contribution in [-0.4, -0.2) is 11.9 Å². The molecule has 3 rings (SSSR count). The lowest BCUT2D eigenvalue weighted by Gasteiger charge is -2.17. The molecule has 122 valence electrons. The molecule has 3 aromatic rings. The van der Waals surface area contributed by atoms with Crippen molar-refractivity contribution >= 4 is 28.1 Å². The highest BCUT2D eigenvalue weighted by atomic mass is 19.1. The summed E-state index contributed by atoms with van der Waals surface area (Å²) in [5, 5.41) is 8.23. The smallest absolute Gasteiger partial charge is 0.246 e. The Morgan fingerprint density at radius 2 is 1.75 bits per heavy atom. The van der Waals surface area contributed by atoms with E-state index in [0.29, 0.717) is 0 Å². The zero-order valence-electron chi connectivity index (χ0n) is 13.6. The number of fused-ring (bicyclic) bond motifs is 1. The van der Waals surface area contributed by atoms with Crippen LogP contribution in [0.15, 0.2) is 60.7 Å². The molecule has 0 aliphatic rings. The number of carbonyl (C=O) groups excluding carboxylic acids is 1. The fraction of sp³-hybridized carbons (Fsp3) is 0.150. The minimum atomic E-state index is -0.444. The van der Waals surface area contributed by atoms with Gasteiger partial charge in [0, 0.05) is 11.4 Å². The molecule has 0 saturated carbocycles. The molecule has 0 bridgehead atoms. The summed E-state index contributed by atoms with van der Waals surface area (Å²) in [5.41, 5.74) is 2.26. The van der Waals surface area contributed by atoms with Crippen molar-refractivity contribution in [1.29, 1.82) is 0 Å². The number of amides is 1. The largest absolute Gasteiger partial charge is 0.374 e. The molecule has 3 aromatic carbocycles. The van der Waals surface area contributed by atoms with E-state index in [0.717, 1.165) is 27.7 Å². The van der Waals surface area contributed by atoms with E-state index in [4.69, 9.17) is 0 Å². The van der Waals surface area contributed by atoms with Crippen LogP contribution in [0.5, 0.6) is 0 Å². The molecule has 1 unspecified atom stereocenters. The molecule has 2 N–H and O–H groups in total. The average molecular weight is 322 g/mol. The van der Waals surface area contributed by atoms with E-state index in [1.807, 2.05) is 42.5 Å². The van der Waals surface area contributed by atoms with Crippen LogP contribution in [0.3, 0.4) is 0 Å². The van der Waals surface area contributed by atoms with Crippen molar-refractivity contribution in [1.82, 2.24) is 0 Å². The summed E-state index contributed by atoms with van der Waals surface area (Å²) in [6, 6.07) is 17.8. The topological polar surface area (TPSA) is 41.1 Å². The predicted molar refractivity (Wildman–Crippen MR) is 96.8 cm³/mol. The summed E-state index contributed by atoms with van der Waals surface area (Å²) in [5.74, 6) is -0.430. The lowest BCUT2D eigenvalue weighted by molar-refractivity contribution is -0.116. The number of carbonyl (C=O) groups is 1. The van der Waals surface area contributed by atoms with Gasteiger partial charge in [-0.15, -0.1) is 0 Å². The fourth-order valence-corrected chi connectivity index (χ4v) is 2.61. The van der Waals surface area contributed by atoms with Crippen LogP contribution < -0.4 is 10.6 Å². The van der Waals surface area contributed by atoms with E-state index in [1.54, 1.807) is 19.9 Å². The molecule has 1 atom stereocenters. The highest BCUT2D eigenvalue weighted by Crippen LogP contribution is 2.20. The monoisotopic (exact) mass is 322 g/mol. The van der Waals surface area contributed by atoms with Gasteiger partial charge in [-0.05, 0) is 60.5 Å². The van der Waals surface area contributed by atoms with Crippen molar-refractivity contribution in [3.05, 3.63) is 72.0 Å².